The van der Waals surface area contributed by atoms with Crippen LogP contribution in [0.4, 0.5) is 0 Å². The highest BCUT2D eigenvalue weighted by Gasteiger charge is 2.38. The number of methoxy groups -OCH3 is 1. The maximum absolute atomic E-state index is 6.24. The largest absolute Gasteiger partial charge is 0.380 e. The molecule has 0 saturated carbocycles. The van der Waals surface area contributed by atoms with E-state index in [0.29, 0.717) is 18.6 Å². The van der Waals surface area contributed by atoms with Crippen LogP contribution in [0.1, 0.15) is 32.3 Å². The Morgan fingerprint density at radius 2 is 2.05 bits per heavy atom. The predicted octanol–water partition coefficient (Wildman–Crippen LogP) is 2.69. The summed E-state index contributed by atoms with van der Waals surface area (Å²) in [6.45, 7) is 7.37. The number of nitrogens with zero attached hydrogens (tertiary/aromatic N) is 1. The van der Waals surface area contributed by atoms with Gasteiger partial charge in [0, 0.05) is 25.7 Å². The first kappa shape index (κ1) is 16.5. The molecule has 3 atom stereocenters. The Morgan fingerprint density at radius 3 is 2.62 bits per heavy atom. The summed E-state index contributed by atoms with van der Waals surface area (Å²) in [6, 6.07) is 10.7. The first-order valence-corrected chi connectivity index (χ1v) is 8.17. The van der Waals surface area contributed by atoms with Gasteiger partial charge >= 0.3 is 0 Å². The van der Waals surface area contributed by atoms with Crippen LogP contribution in [-0.4, -0.2) is 43.3 Å². The molecule has 3 nitrogen and oxygen atoms in total. The maximum Gasteiger partial charge on any atom is 0.0724 e. The van der Waals surface area contributed by atoms with Crippen molar-refractivity contribution >= 4 is 0 Å². The van der Waals surface area contributed by atoms with E-state index < -0.39 is 0 Å². The number of rotatable bonds is 6. The van der Waals surface area contributed by atoms with E-state index in [0.717, 1.165) is 25.9 Å². The smallest absolute Gasteiger partial charge is 0.0724 e. The monoisotopic (exact) mass is 290 g/mol. The average molecular weight is 290 g/mol. The Labute approximate surface area is 129 Å². The summed E-state index contributed by atoms with van der Waals surface area (Å²) in [7, 11) is 1.83. The van der Waals surface area contributed by atoms with Gasteiger partial charge in [0.25, 0.3) is 0 Å². The third-order valence-corrected chi connectivity index (χ3v) is 5.28. The second-order valence-electron chi connectivity index (χ2n) is 6.43. The molecule has 0 amide bonds. The van der Waals surface area contributed by atoms with Crippen molar-refractivity contribution in [2.24, 2.45) is 11.7 Å². The van der Waals surface area contributed by atoms with Gasteiger partial charge in [-0.15, -0.1) is 0 Å². The highest BCUT2D eigenvalue weighted by Crippen LogP contribution is 2.30. The van der Waals surface area contributed by atoms with Gasteiger partial charge in [-0.3, -0.25) is 4.90 Å². The zero-order valence-electron chi connectivity index (χ0n) is 13.7. The molecule has 2 N–H and O–H groups in total. The quantitative estimate of drug-likeness (QED) is 0.875. The van der Waals surface area contributed by atoms with Crippen LogP contribution in [0, 0.1) is 5.92 Å². The molecule has 118 valence electrons. The lowest BCUT2D eigenvalue weighted by Gasteiger charge is -2.48. The van der Waals surface area contributed by atoms with Gasteiger partial charge in [-0.25, -0.2) is 0 Å². The van der Waals surface area contributed by atoms with Crippen LogP contribution in [0.25, 0.3) is 0 Å². The van der Waals surface area contributed by atoms with Gasteiger partial charge in [-0.2, -0.15) is 0 Å². The van der Waals surface area contributed by atoms with Crippen molar-refractivity contribution in [3.63, 3.8) is 0 Å². The van der Waals surface area contributed by atoms with Crippen molar-refractivity contribution in [2.75, 3.05) is 26.7 Å². The number of piperidine rings is 1. The van der Waals surface area contributed by atoms with Gasteiger partial charge in [0.1, 0.15) is 0 Å². The molecule has 0 aromatic heterocycles. The highest BCUT2D eigenvalue weighted by molar-refractivity contribution is 5.18. The lowest BCUT2D eigenvalue weighted by Crippen LogP contribution is -2.60. The Hall–Kier alpha value is -0.900. The average Bonchev–Trinajstić information content (AvgIpc) is 2.54. The number of hydrogen-bond acceptors (Lipinski definition) is 3. The molecule has 1 heterocycles. The van der Waals surface area contributed by atoms with Crippen LogP contribution in [0.5, 0.6) is 0 Å². The lowest BCUT2D eigenvalue weighted by atomic mass is 9.83. The van der Waals surface area contributed by atoms with Gasteiger partial charge < -0.3 is 10.5 Å². The number of likely N-dealkylation sites (tertiary alicyclic amines) is 1. The molecule has 1 aromatic carbocycles. The van der Waals surface area contributed by atoms with Crippen LogP contribution in [0.3, 0.4) is 0 Å². The topological polar surface area (TPSA) is 38.5 Å². The molecule has 0 bridgehead atoms. The Bertz CT molecular complexity index is 416. The summed E-state index contributed by atoms with van der Waals surface area (Å²) in [4.78, 5) is 2.58. The second-order valence-corrected chi connectivity index (χ2v) is 6.43. The summed E-state index contributed by atoms with van der Waals surface area (Å²) in [6.07, 6.45) is 3.61. The van der Waals surface area contributed by atoms with Crippen LogP contribution in [-0.2, 0) is 11.2 Å². The molecule has 1 saturated heterocycles. The van der Waals surface area contributed by atoms with Gasteiger partial charge in [0.15, 0.2) is 0 Å². The summed E-state index contributed by atoms with van der Waals surface area (Å²) in [5.41, 5.74) is 7.66. The zero-order valence-corrected chi connectivity index (χ0v) is 13.7. The standard InChI is InChI=1S/C18H30N2O/c1-4-18(14-19,12-16-8-6-5-7-9-16)20-11-10-15(2)17(13-20)21-3/h5-9,15,17H,4,10-14,19H2,1-3H3. The Morgan fingerprint density at radius 1 is 1.33 bits per heavy atom. The molecule has 3 unspecified atom stereocenters. The van der Waals surface area contributed by atoms with Crippen LogP contribution in [0.15, 0.2) is 30.3 Å². The normalized spacial score (nSPS) is 26.5. The van der Waals surface area contributed by atoms with E-state index in [9.17, 15) is 0 Å². The fraction of sp³-hybridized carbons (Fsp3) is 0.667. The van der Waals surface area contributed by atoms with Crippen LogP contribution >= 0.6 is 0 Å². The van der Waals surface area contributed by atoms with E-state index in [-0.39, 0.29) is 5.54 Å². The molecule has 1 fully saturated rings. The zero-order chi connectivity index (χ0) is 15.3. The summed E-state index contributed by atoms with van der Waals surface area (Å²) in [5.74, 6) is 0.635. The molecule has 2 rings (SSSR count). The van der Waals surface area contributed by atoms with E-state index in [1.165, 1.54) is 12.0 Å². The SMILES string of the molecule is CCC(CN)(Cc1ccccc1)N1CCC(C)C(OC)C1. The number of benzene rings is 1. The fourth-order valence-corrected chi connectivity index (χ4v) is 3.55. The first-order valence-electron chi connectivity index (χ1n) is 8.17. The van der Waals surface area contributed by atoms with E-state index in [1.54, 1.807) is 0 Å². The first-order chi connectivity index (χ1) is 10.1. The van der Waals surface area contributed by atoms with Crippen LogP contribution in [0.2, 0.25) is 0 Å². The minimum atomic E-state index is 0.0538. The van der Waals surface area contributed by atoms with Crippen molar-refractivity contribution in [3.8, 4) is 0 Å². The summed E-state index contributed by atoms with van der Waals surface area (Å²) in [5, 5.41) is 0. The minimum Gasteiger partial charge on any atom is -0.380 e. The molecule has 1 aliphatic rings. The third-order valence-electron chi connectivity index (χ3n) is 5.28. The predicted molar refractivity (Wildman–Crippen MR) is 88.4 cm³/mol. The van der Waals surface area contributed by atoms with Gasteiger partial charge in [-0.1, -0.05) is 44.2 Å². The molecule has 21 heavy (non-hydrogen) atoms. The summed E-state index contributed by atoms with van der Waals surface area (Å²) >= 11 is 0. The van der Waals surface area contributed by atoms with Crippen molar-refractivity contribution in [3.05, 3.63) is 35.9 Å². The highest BCUT2D eigenvalue weighted by atomic mass is 16.5. The van der Waals surface area contributed by atoms with E-state index in [4.69, 9.17) is 10.5 Å². The number of nitrogens with two attached hydrogens (primary N) is 1. The van der Waals surface area contributed by atoms with Crippen molar-refractivity contribution in [1.82, 2.24) is 4.90 Å². The molecule has 1 aromatic rings. The molecule has 0 aliphatic carbocycles. The molecular formula is C18H30N2O. The molecular weight excluding hydrogens is 260 g/mol. The van der Waals surface area contributed by atoms with Gasteiger partial charge in [0.05, 0.1) is 6.10 Å². The van der Waals surface area contributed by atoms with Gasteiger partial charge in [0.2, 0.25) is 0 Å². The van der Waals surface area contributed by atoms with Crippen molar-refractivity contribution < 1.29 is 4.74 Å². The van der Waals surface area contributed by atoms with Crippen LogP contribution < -0.4 is 5.73 Å². The second kappa shape index (κ2) is 7.39. The van der Waals surface area contributed by atoms with Crippen molar-refractivity contribution in [1.29, 1.82) is 0 Å². The third kappa shape index (κ3) is 3.65. The molecule has 1 aliphatic heterocycles. The van der Waals surface area contributed by atoms with E-state index in [1.807, 2.05) is 7.11 Å². The number of hydrogen-bond donors (Lipinski definition) is 1. The minimum absolute atomic E-state index is 0.0538. The molecule has 3 heteroatoms. The Balaban J connectivity index is 2.17. The van der Waals surface area contributed by atoms with Crippen molar-refractivity contribution in [2.45, 2.75) is 44.8 Å². The maximum atomic E-state index is 6.24. The lowest BCUT2D eigenvalue weighted by molar-refractivity contribution is -0.0459. The number of ether oxygens (including phenoxy) is 1. The molecule has 0 radical (unpaired) electrons. The van der Waals surface area contributed by atoms with E-state index in [2.05, 4.69) is 49.1 Å². The Kier molecular flexibility index (Phi) is 5.80. The fourth-order valence-electron chi connectivity index (χ4n) is 3.55. The summed E-state index contributed by atoms with van der Waals surface area (Å²) < 4.78 is 5.69. The molecule has 0 spiro atoms. The van der Waals surface area contributed by atoms with E-state index >= 15 is 0 Å². The van der Waals surface area contributed by atoms with Gasteiger partial charge in [-0.05, 0) is 37.3 Å².